The summed E-state index contributed by atoms with van der Waals surface area (Å²) in [5.41, 5.74) is 1.51. The number of fused-ring (bicyclic) bond motifs is 1. The minimum absolute atomic E-state index is 0.524. The van der Waals surface area contributed by atoms with Crippen LogP contribution in [0.4, 0.5) is 0 Å². The smallest absolute Gasteiger partial charge is 0.0354 e. The van der Waals surface area contributed by atoms with Gasteiger partial charge in [-0.05, 0) is 48.1 Å². The fraction of sp³-hybridized carbons (Fsp3) is 0.500. The van der Waals surface area contributed by atoms with Crippen LogP contribution in [0.15, 0.2) is 42.5 Å². The van der Waals surface area contributed by atoms with Gasteiger partial charge < -0.3 is 5.32 Å². The first-order valence-corrected chi connectivity index (χ1v) is 8.61. The van der Waals surface area contributed by atoms with Gasteiger partial charge in [0.25, 0.3) is 0 Å². The van der Waals surface area contributed by atoms with Gasteiger partial charge in [0, 0.05) is 6.04 Å². The summed E-state index contributed by atoms with van der Waals surface area (Å²) in [6.07, 6.45) is 8.19. The van der Waals surface area contributed by atoms with E-state index in [9.17, 15) is 0 Å². The molecule has 0 saturated heterocycles. The fourth-order valence-corrected chi connectivity index (χ4v) is 3.82. The highest BCUT2D eigenvalue weighted by Crippen LogP contribution is 2.37. The molecule has 0 radical (unpaired) electrons. The predicted octanol–water partition coefficient (Wildman–Crippen LogP) is 5.46. The molecule has 0 aromatic heterocycles. The van der Waals surface area contributed by atoms with Crippen molar-refractivity contribution in [3.63, 3.8) is 0 Å². The van der Waals surface area contributed by atoms with E-state index in [2.05, 4.69) is 54.7 Å². The molecule has 2 aromatic rings. The molecule has 1 fully saturated rings. The lowest BCUT2D eigenvalue weighted by atomic mass is 9.80. The van der Waals surface area contributed by atoms with Crippen molar-refractivity contribution in [1.29, 1.82) is 0 Å². The van der Waals surface area contributed by atoms with Crippen molar-refractivity contribution < 1.29 is 0 Å². The van der Waals surface area contributed by atoms with Crippen molar-refractivity contribution in [2.24, 2.45) is 5.92 Å². The highest BCUT2D eigenvalue weighted by atomic mass is 14.9. The molecule has 1 saturated carbocycles. The first-order chi connectivity index (χ1) is 10.4. The van der Waals surface area contributed by atoms with E-state index >= 15 is 0 Å². The molecule has 0 heterocycles. The zero-order valence-electron chi connectivity index (χ0n) is 13.1. The van der Waals surface area contributed by atoms with Crippen LogP contribution in [0.1, 0.15) is 57.1 Å². The van der Waals surface area contributed by atoms with Gasteiger partial charge in [0.15, 0.2) is 0 Å². The molecule has 1 heteroatoms. The van der Waals surface area contributed by atoms with Gasteiger partial charge in [0.1, 0.15) is 0 Å². The van der Waals surface area contributed by atoms with Crippen LogP contribution in [0.2, 0.25) is 0 Å². The molecule has 0 bridgehead atoms. The summed E-state index contributed by atoms with van der Waals surface area (Å²) >= 11 is 0. The Morgan fingerprint density at radius 3 is 2.57 bits per heavy atom. The summed E-state index contributed by atoms with van der Waals surface area (Å²) in [5.74, 6) is 0.802. The second-order valence-corrected chi connectivity index (χ2v) is 6.40. The van der Waals surface area contributed by atoms with Gasteiger partial charge in [0.2, 0.25) is 0 Å². The lowest BCUT2D eigenvalue weighted by Gasteiger charge is -2.32. The second-order valence-electron chi connectivity index (χ2n) is 6.40. The van der Waals surface area contributed by atoms with Gasteiger partial charge in [-0.3, -0.25) is 0 Å². The Morgan fingerprint density at radius 2 is 1.76 bits per heavy atom. The minimum Gasteiger partial charge on any atom is -0.310 e. The maximum Gasteiger partial charge on any atom is 0.0354 e. The minimum atomic E-state index is 0.524. The molecular formula is C20H27N. The summed E-state index contributed by atoms with van der Waals surface area (Å²) in [7, 11) is 0. The molecule has 2 aromatic carbocycles. The van der Waals surface area contributed by atoms with Gasteiger partial charge in [-0.1, -0.05) is 68.7 Å². The van der Waals surface area contributed by atoms with E-state index in [4.69, 9.17) is 0 Å². The monoisotopic (exact) mass is 281 g/mol. The predicted molar refractivity (Wildman–Crippen MR) is 91.6 cm³/mol. The van der Waals surface area contributed by atoms with E-state index in [1.54, 1.807) is 0 Å². The Kier molecular flexibility index (Phi) is 4.92. The van der Waals surface area contributed by atoms with Crippen molar-refractivity contribution >= 4 is 10.8 Å². The van der Waals surface area contributed by atoms with E-state index in [-0.39, 0.29) is 0 Å². The first-order valence-electron chi connectivity index (χ1n) is 8.61. The van der Waals surface area contributed by atoms with E-state index in [0.29, 0.717) is 6.04 Å². The number of benzene rings is 2. The third-order valence-corrected chi connectivity index (χ3v) is 4.89. The van der Waals surface area contributed by atoms with Crippen LogP contribution in [0.5, 0.6) is 0 Å². The normalized spacial score (nSPS) is 18.0. The van der Waals surface area contributed by atoms with Crippen LogP contribution in [-0.2, 0) is 0 Å². The lowest BCUT2D eigenvalue weighted by Crippen LogP contribution is -2.30. The van der Waals surface area contributed by atoms with Crippen LogP contribution in [0.3, 0.4) is 0 Å². The number of nitrogens with one attached hydrogen (secondary N) is 1. The molecule has 21 heavy (non-hydrogen) atoms. The second kappa shape index (κ2) is 7.09. The van der Waals surface area contributed by atoms with Crippen LogP contribution in [-0.4, -0.2) is 6.54 Å². The largest absolute Gasteiger partial charge is 0.310 e. The van der Waals surface area contributed by atoms with E-state index < -0.39 is 0 Å². The molecule has 1 atom stereocenters. The number of rotatable bonds is 5. The highest BCUT2D eigenvalue weighted by molar-refractivity contribution is 5.86. The average molecular weight is 281 g/mol. The van der Waals surface area contributed by atoms with Crippen molar-refractivity contribution in [3.8, 4) is 0 Å². The van der Waals surface area contributed by atoms with Gasteiger partial charge in [0.05, 0.1) is 0 Å². The van der Waals surface area contributed by atoms with E-state index in [0.717, 1.165) is 12.5 Å². The lowest BCUT2D eigenvalue weighted by molar-refractivity contribution is 0.273. The average Bonchev–Trinajstić information content (AvgIpc) is 2.56. The number of hydrogen-bond acceptors (Lipinski definition) is 1. The summed E-state index contributed by atoms with van der Waals surface area (Å²) in [6, 6.07) is 16.1. The molecule has 0 amide bonds. The maximum absolute atomic E-state index is 3.85. The molecule has 3 rings (SSSR count). The fourth-order valence-electron chi connectivity index (χ4n) is 3.82. The van der Waals surface area contributed by atoms with Crippen molar-refractivity contribution in [1.82, 2.24) is 5.32 Å². The van der Waals surface area contributed by atoms with E-state index in [1.807, 2.05) is 0 Å². The van der Waals surface area contributed by atoms with Gasteiger partial charge in [-0.2, -0.15) is 0 Å². The Balaban J connectivity index is 1.96. The molecule has 1 aliphatic rings. The first kappa shape index (κ1) is 14.6. The SMILES string of the molecule is CCCNC(c1cccc2ccccc12)C1CCCCC1. The third-order valence-electron chi connectivity index (χ3n) is 4.89. The summed E-state index contributed by atoms with van der Waals surface area (Å²) in [6.45, 7) is 3.37. The van der Waals surface area contributed by atoms with Gasteiger partial charge >= 0.3 is 0 Å². The molecule has 1 aliphatic carbocycles. The van der Waals surface area contributed by atoms with Gasteiger partial charge in [-0.25, -0.2) is 0 Å². The van der Waals surface area contributed by atoms with Crippen LogP contribution in [0.25, 0.3) is 10.8 Å². The van der Waals surface area contributed by atoms with Crippen LogP contribution < -0.4 is 5.32 Å². The summed E-state index contributed by atoms with van der Waals surface area (Å²) in [5, 5.41) is 6.65. The topological polar surface area (TPSA) is 12.0 Å². The Morgan fingerprint density at radius 1 is 1.00 bits per heavy atom. The molecule has 1 unspecified atom stereocenters. The maximum atomic E-state index is 3.85. The van der Waals surface area contributed by atoms with Crippen molar-refractivity contribution in [3.05, 3.63) is 48.0 Å². The quantitative estimate of drug-likeness (QED) is 0.767. The highest BCUT2D eigenvalue weighted by Gasteiger charge is 2.25. The van der Waals surface area contributed by atoms with Crippen molar-refractivity contribution in [2.45, 2.75) is 51.5 Å². The Hall–Kier alpha value is -1.34. The molecule has 1 N–H and O–H groups in total. The molecule has 112 valence electrons. The van der Waals surface area contributed by atoms with Crippen molar-refractivity contribution in [2.75, 3.05) is 6.54 Å². The summed E-state index contributed by atoms with van der Waals surface area (Å²) in [4.78, 5) is 0. The molecular weight excluding hydrogens is 254 g/mol. The molecule has 0 aliphatic heterocycles. The Labute approximate surface area is 128 Å². The third kappa shape index (κ3) is 3.29. The standard InChI is InChI=1S/C20H27N/c1-2-15-21-20(17-10-4-3-5-11-17)19-14-8-12-16-9-6-7-13-18(16)19/h6-9,12-14,17,20-21H,2-5,10-11,15H2,1H3. The Bertz CT molecular complexity index is 564. The van der Waals surface area contributed by atoms with Crippen LogP contribution in [0, 0.1) is 5.92 Å². The zero-order chi connectivity index (χ0) is 14.5. The molecule has 1 nitrogen and oxygen atoms in total. The van der Waals surface area contributed by atoms with E-state index in [1.165, 1.54) is 54.9 Å². The zero-order valence-corrected chi connectivity index (χ0v) is 13.1. The summed E-state index contributed by atoms with van der Waals surface area (Å²) < 4.78 is 0. The van der Waals surface area contributed by atoms with Gasteiger partial charge in [-0.15, -0.1) is 0 Å². The molecule has 0 spiro atoms. The number of hydrogen-bond donors (Lipinski definition) is 1. The van der Waals surface area contributed by atoms with Crippen LogP contribution >= 0.6 is 0 Å².